The first-order valence-corrected chi connectivity index (χ1v) is 6.32. The standard InChI is InChI=1S/C11H11N3OS2/c12-10(16)9-11(14-5-4-13-9)15-6-3-8-2-1-7-17-8/h1-2,4-5,7H,3,6H2,(H2,12,16). The molecule has 2 aromatic rings. The van der Waals surface area contributed by atoms with Crippen molar-refractivity contribution in [1.29, 1.82) is 0 Å². The Morgan fingerprint density at radius 3 is 2.94 bits per heavy atom. The van der Waals surface area contributed by atoms with Crippen LogP contribution >= 0.6 is 23.6 Å². The summed E-state index contributed by atoms with van der Waals surface area (Å²) in [5.41, 5.74) is 5.97. The minimum atomic E-state index is 0.198. The summed E-state index contributed by atoms with van der Waals surface area (Å²) >= 11 is 6.58. The SMILES string of the molecule is NC(=S)c1nccnc1OCCc1cccs1. The third kappa shape index (κ3) is 3.21. The van der Waals surface area contributed by atoms with Crippen LogP contribution in [0.3, 0.4) is 0 Å². The molecule has 0 aliphatic carbocycles. The van der Waals surface area contributed by atoms with Crippen LogP contribution in [-0.2, 0) is 6.42 Å². The molecule has 2 rings (SSSR count). The second kappa shape index (κ2) is 5.70. The average molecular weight is 265 g/mol. The normalized spacial score (nSPS) is 10.1. The maximum atomic E-state index is 5.54. The zero-order valence-corrected chi connectivity index (χ0v) is 10.6. The Balaban J connectivity index is 1.97. The molecule has 0 bridgehead atoms. The fourth-order valence-electron chi connectivity index (χ4n) is 1.30. The van der Waals surface area contributed by atoms with E-state index in [-0.39, 0.29) is 4.99 Å². The van der Waals surface area contributed by atoms with Gasteiger partial charge in [-0.1, -0.05) is 18.3 Å². The smallest absolute Gasteiger partial charge is 0.243 e. The maximum absolute atomic E-state index is 5.54. The van der Waals surface area contributed by atoms with Gasteiger partial charge < -0.3 is 10.5 Å². The Morgan fingerprint density at radius 1 is 1.41 bits per heavy atom. The molecule has 0 unspecified atom stereocenters. The fourth-order valence-corrected chi connectivity index (χ4v) is 2.13. The number of nitrogens with zero attached hydrogens (tertiary/aromatic N) is 2. The number of hydrogen-bond donors (Lipinski definition) is 1. The molecule has 6 heteroatoms. The van der Waals surface area contributed by atoms with Crippen LogP contribution in [0, 0.1) is 0 Å². The van der Waals surface area contributed by atoms with Gasteiger partial charge in [0.15, 0.2) is 5.69 Å². The molecule has 17 heavy (non-hydrogen) atoms. The van der Waals surface area contributed by atoms with Gasteiger partial charge in [-0.3, -0.25) is 0 Å². The van der Waals surface area contributed by atoms with Gasteiger partial charge in [0, 0.05) is 23.7 Å². The van der Waals surface area contributed by atoms with Crippen LogP contribution in [0.4, 0.5) is 0 Å². The number of hydrogen-bond acceptors (Lipinski definition) is 5. The van der Waals surface area contributed by atoms with Crippen molar-refractivity contribution in [2.24, 2.45) is 5.73 Å². The lowest BCUT2D eigenvalue weighted by Crippen LogP contribution is -2.15. The summed E-state index contributed by atoms with van der Waals surface area (Å²) in [5, 5.41) is 2.04. The molecule has 0 fully saturated rings. The van der Waals surface area contributed by atoms with Gasteiger partial charge in [-0.15, -0.1) is 11.3 Å². The molecular weight excluding hydrogens is 254 g/mol. The number of thiophene rings is 1. The van der Waals surface area contributed by atoms with Crippen molar-refractivity contribution < 1.29 is 4.74 Å². The summed E-state index contributed by atoms with van der Waals surface area (Å²) in [7, 11) is 0. The van der Waals surface area contributed by atoms with Gasteiger partial charge in [0.05, 0.1) is 6.61 Å². The number of ether oxygens (including phenoxy) is 1. The van der Waals surface area contributed by atoms with Gasteiger partial charge in [0.1, 0.15) is 4.99 Å². The molecule has 0 atom stereocenters. The van der Waals surface area contributed by atoms with E-state index in [0.717, 1.165) is 6.42 Å². The number of aromatic nitrogens is 2. The second-order valence-electron chi connectivity index (χ2n) is 3.25. The Morgan fingerprint density at radius 2 is 2.24 bits per heavy atom. The van der Waals surface area contributed by atoms with Crippen molar-refractivity contribution >= 4 is 28.5 Å². The van der Waals surface area contributed by atoms with E-state index in [1.807, 2.05) is 11.4 Å². The zero-order chi connectivity index (χ0) is 12.1. The van der Waals surface area contributed by atoms with E-state index in [0.29, 0.717) is 18.2 Å². The first-order valence-electron chi connectivity index (χ1n) is 5.03. The third-order valence-corrected chi connectivity index (χ3v) is 3.19. The maximum Gasteiger partial charge on any atom is 0.243 e. The number of rotatable bonds is 5. The topological polar surface area (TPSA) is 61.0 Å². The molecule has 88 valence electrons. The minimum absolute atomic E-state index is 0.198. The summed E-state index contributed by atoms with van der Waals surface area (Å²) < 4.78 is 5.54. The van der Waals surface area contributed by atoms with E-state index in [2.05, 4.69) is 16.0 Å². The molecule has 2 heterocycles. The van der Waals surface area contributed by atoms with Crippen molar-refractivity contribution in [2.45, 2.75) is 6.42 Å². The molecule has 0 saturated heterocycles. The predicted octanol–water partition coefficient (Wildman–Crippen LogP) is 1.79. The summed E-state index contributed by atoms with van der Waals surface area (Å²) in [4.78, 5) is 9.58. The van der Waals surface area contributed by atoms with E-state index >= 15 is 0 Å². The molecule has 2 N–H and O–H groups in total. The second-order valence-corrected chi connectivity index (χ2v) is 4.72. The highest BCUT2D eigenvalue weighted by Crippen LogP contribution is 2.13. The lowest BCUT2D eigenvalue weighted by atomic mass is 10.3. The van der Waals surface area contributed by atoms with Crippen LogP contribution in [0.25, 0.3) is 0 Å². The Kier molecular flexibility index (Phi) is 4.00. The summed E-state index contributed by atoms with van der Waals surface area (Å²) in [6.45, 7) is 0.537. The van der Waals surface area contributed by atoms with Gasteiger partial charge in [-0.05, 0) is 11.4 Å². The summed E-state index contributed by atoms with van der Waals surface area (Å²) in [6, 6.07) is 4.09. The first kappa shape index (κ1) is 11.9. The van der Waals surface area contributed by atoms with E-state index < -0.39 is 0 Å². The fraction of sp³-hybridized carbons (Fsp3) is 0.182. The molecular formula is C11H11N3OS2. The lowest BCUT2D eigenvalue weighted by Gasteiger charge is -2.07. The largest absolute Gasteiger partial charge is 0.476 e. The lowest BCUT2D eigenvalue weighted by molar-refractivity contribution is 0.308. The molecule has 0 aliphatic rings. The van der Waals surface area contributed by atoms with Gasteiger partial charge >= 0.3 is 0 Å². The molecule has 0 aromatic carbocycles. The van der Waals surface area contributed by atoms with E-state index in [1.54, 1.807) is 23.7 Å². The average Bonchev–Trinajstić information content (AvgIpc) is 2.82. The molecule has 0 aliphatic heterocycles. The van der Waals surface area contributed by atoms with Crippen LogP contribution in [0.15, 0.2) is 29.9 Å². The van der Waals surface area contributed by atoms with Crippen LogP contribution in [0.5, 0.6) is 5.88 Å². The van der Waals surface area contributed by atoms with Crippen molar-refractivity contribution in [1.82, 2.24) is 9.97 Å². The summed E-state index contributed by atoms with van der Waals surface area (Å²) in [6.07, 6.45) is 3.94. The van der Waals surface area contributed by atoms with Crippen molar-refractivity contribution in [3.63, 3.8) is 0 Å². The summed E-state index contributed by atoms with van der Waals surface area (Å²) in [5.74, 6) is 0.400. The highest BCUT2D eigenvalue weighted by Gasteiger charge is 2.08. The minimum Gasteiger partial charge on any atom is -0.476 e. The highest BCUT2D eigenvalue weighted by molar-refractivity contribution is 7.80. The molecule has 0 spiro atoms. The molecule has 4 nitrogen and oxygen atoms in total. The van der Waals surface area contributed by atoms with Crippen LogP contribution in [-0.4, -0.2) is 21.6 Å². The number of thiocarbonyl (C=S) groups is 1. The number of nitrogens with two attached hydrogens (primary N) is 1. The van der Waals surface area contributed by atoms with E-state index in [4.69, 9.17) is 22.7 Å². The quantitative estimate of drug-likeness (QED) is 0.835. The monoisotopic (exact) mass is 265 g/mol. The van der Waals surface area contributed by atoms with Gasteiger partial charge in [-0.2, -0.15) is 0 Å². The van der Waals surface area contributed by atoms with Crippen molar-refractivity contribution in [3.8, 4) is 5.88 Å². The third-order valence-electron chi connectivity index (χ3n) is 2.07. The van der Waals surface area contributed by atoms with E-state index in [9.17, 15) is 0 Å². The van der Waals surface area contributed by atoms with Crippen LogP contribution in [0.2, 0.25) is 0 Å². The Labute approximate surface area is 108 Å². The Bertz CT molecular complexity index is 499. The highest BCUT2D eigenvalue weighted by atomic mass is 32.1. The van der Waals surface area contributed by atoms with E-state index in [1.165, 1.54) is 4.88 Å². The zero-order valence-electron chi connectivity index (χ0n) is 9.00. The molecule has 0 radical (unpaired) electrons. The van der Waals surface area contributed by atoms with Crippen molar-refractivity contribution in [3.05, 3.63) is 40.5 Å². The van der Waals surface area contributed by atoms with Crippen LogP contribution in [0.1, 0.15) is 10.6 Å². The molecule has 2 aromatic heterocycles. The Hall–Kier alpha value is -1.53. The molecule has 0 amide bonds. The van der Waals surface area contributed by atoms with Crippen molar-refractivity contribution in [2.75, 3.05) is 6.61 Å². The van der Waals surface area contributed by atoms with Gasteiger partial charge in [0.2, 0.25) is 5.88 Å². The van der Waals surface area contributed by atoms with Gasteiger partial charge in [0.25, 0.3) is 0 Å². The predicted molar refractivity (Wildman–Crippen MR) is 71.4 cm³/mol. The first-order chi connectivity index (χ1) is 8.27. The van der Waals surface area contributed by atoms with Gasteiger partial charge in [-0.25, -0.2) is 9.97 Å². The van der Waals surface area contributed by atoms with Crippen LogP contribution < -0.4 is 10.5 Å². The molecule has 0 saturated carbocycles.